The summed E-state index contributed by atoms with van der Waals surface area (Å²) in [7, 11) is 0. The van der Waals surface area contributed by atoms with Gasteiger partial charge in [-0.05, 0) is 80.5 Å². The van der Waals surface area contributed by atoms with Crippen molar-refractivity contribution in [1.82, 2.24) is 16.1 Å². The molecule has 10 nitrogen and oxygen atoms in total. The van der Waals surface area contributed by atoms with Crippen LogP contribution in [0.15, 0.2) is 87.6 Å². The number of para-hydroxylation sites is 1. The summed E-state index contributed by atoms with van der Waals surface area (Å²) >= 11 is 8.76. The van der Waals surface area contributed by atoms with Gasteiger partial charge in [0.15, 0.2) is 23.2 Å². The molecule has 4 rings (SSSR count). The summed E-state index contributed by atoms with van der Waals surface area (Å²) in [5.41, 5.74) is 5.79. The van der Waals surface area contributed by atoms with E-state index in [0.717, 1.165) is 10.0 Å². The van der Waals surface area contributed by atoms with Crippen molar-refractivity contribution in [3.05, 3.63) is 99.2 Å². The van der Waals surface area contributed by atoms with Crippen molar-refractivity contribution in [2.75, 3.05) is 19.8 Å². The Bertz CT molecular complexity index is 1560. The van der Waals surface area contributed by atoms with Gasteiger partial charge in [-0.2, -0.15) is 5.10 Å². The topological polar surface area (TPSA) is 120 Å². The molecule has 0 unspecified atom stereocenters. The van der Waals surface area contributed by atoms with E-state index in [-0.39, 0.29) is 13.2 Å². The minimum absolute atomic E-state index is 0.225. The Hall–Kier alpha value is -4.42. The van der Waals surface area contributed by atoms with Crippen LogP contribution in [-0.4, -0.2) is 43.0 Å². The van der Waals surface area contributed by atoms with Gasteiger partial charge in [-0.15, -0.1) is 0 Å². The lowest BCUT2D eigenvalue weighted by atomic mass is 9.95. The van der Waals surface area contributed by atoms with Crippen molar-refractivity contribution in [2.24, 2.45) is 5.10 Å². The number of nitrogens with zero attached hydrogens (tertiary/aromatic N) is 1. The molecule has 0 fully saturated rings. The molecule has 0 saturated heterocycles. The van der Waals surface area contributed by atoms with Crippen LogP contribution in [0.5, 0.6) is 17.2 Å². The van der Waals surface area contributed by atoms with Crippen molar-refractivity contribution >= 4 is 51.4 Å². The molecule has 3 N–H and O–H groups in total. The van der Waals surface area contributed by atoms with Gasteiger partial charge in [-0.3, -0.25) is 4.79 Å². The van der Waals surface area contributed by atoms with E-state index in [0.29, 0.717) is 58.0 Å². The Morgan fingerprint density at radius 1 is 0.977 bits per heavy atom. The first-order chi connectivity index (χ1) is 21.3. The molecular formula is C32H33BrN4O6S. The van der Waals surface area contributed by atoms with Gasteiger partial charge in [0, 0.05) is 15.7 Å². The molecule has 12 heteroatoms. The van der Waals surface area contributed by atoms with Crippen LogP contribution < -0.4 is 30.3 Å². The molecular weight excluding hydrogens is 648 g/mol. The molecule has 230 valence electrons. The van der Waals surface area contributed by atoms with Gasteiger partial charge in [0.25, 0.3) is 5.91 Å². The molecule has 1 atom stereocenters. The molecule has 1 amide bonds. The maximum absolute atomic E-state index is 12.7. The number of hydrazone groups is 1. The predicted molar refractivity (Wildman–Crippen MR) is 175 cm³/mol. The van der Waals surface area contributed by atoms with Crippen LogP contribution in [0.1, 0.15) is 43.5 Å². The summed E-state index contributed by atoms with van der Waals surface area (Å²) in [6.07, 6.45) is 1.51. The lowest BCUT2D eigenvalue weighted by molar-refractivity contribution is -0.139. The second kappa shape index (κ2) is 15.9. The fourth-order valence-electron chi connectivity index (χ4n) is 4.35. The van der Waals surface area contributed by atoms with E-state index >= 15 is 0 Å². The van der Waals surface area contributed by atoms with Crippen LogP contribution in [-0.2, 0) is 20.9 Å². The SMILES string of the molecule is CCOC(=O)C1=C(C)NC(=S)N[C@@H]1c1ccccc1OCC(=O)NN=Cc1ccc(OCc2ccc(Br)cc2)c(OCC)c1. The van der Waals surface area contributed by atoms with Crippen LogP contribution >= 0.6 is 28.1 Å². The molecule has 0 radical (unpaired) electrons. The zero-order valence-electron chi connectivity index (χ0n) is 24.5. The molecule has 0 aromatic heterocycles. The number of halogens is 1. The van der Waals surface area contributed by atoms with Gasteiger partial charge in [-0.1, -0.05) is 46.3 Å². The average Bonchev–Trinajstić information content (AvgIpc) is 3.00. The number of nitrogens with one attached hydrogen (secondary N) is 3. The monoisotopic (exact) mass is 680 g/mol. The second-order valence-electron chi connectivity index (χ2n) is 9.46. The number of carbonyl (C=O) groups is 2. The first-order valence-electron chi connectivity index (χ1n) is 13.9. The molecule has 0 aliphatic carbocycles. The number of rotatable bonds is 13. The number of hydrogen-bond donors (Lipinski definition) is 3. The van der Waals surface area contributed by atoms with Gasteiger partial charge in [0.1, 0.15) is 12.4 Å². The van der Waals surface area contributed by atoms with Crippen molar-refractivity contribution in [3.63, 3.8) is 0 Å². The molecule has 1 heterocycles. The summed E-state index contributed by atoms with van der Waals surface area (Å²) in [4.78, 5) is 25.3. The van der Waals surface area contributed by atoms with Crippen molar-refractivity contribution < 1.29 is 28.5 Å². The number of ether oxygens (including phenoxy) is 4. The van der Waals surface area contributed by atoms with Crippen LogP contribution in [0, 0.1) is 0 Å². The summed E-state index contributed by atoms with van der Waals surface area (Å²) in [5, 5.41) is 10.5. The summed E-state index contributed by atoms with van der Waals surface area (Å²) in [6, 6.07) is 19.8. The molecule has 0 spiro atoms. The fourth-order valence-corrected chi connectivity index (χ4v) is 4.88. The Morgan fingerprint density at radius 2 is 1.75 bits per heavy atom. The third-order valence-electron chi connectivity index (χ3n) is 6.33. The number of esters is 1. The Labute approximate surface area is 269 Å². The normalized spacial score (nSPS) is 14.5. The zero-order chi connectivity index (χ0) is 31.5. The molecule has 3 aromatic rings. The lowest BCUT2D eigenvalue weighted by Gasteiger charge is -2.30. The number of carbonyl (C=O) groups excluding carboxylic acids is 2. The van der Waals surface area contributed by atoms with Crippen LogP contribution in [0.25, 0.3) is 0 Å². The quantitative estimate of drug-likeness (QED) is 0.0955. The first kappa shape index (κ1) is 32.5. The van der Waals surface area contributed by atoms with E-state index in [1.54, 1.807) is 44.2 Å². The largest absolute Gasteiger partial charge is 0.490 e. The molecule has 0 bridgehead atoms. The third kappa shape index (κ3) is 8.80. The van der Waals surface area contributed by atoms with Crippen molar-refractivity contribution in [1.29, 1.82) is 0 Å². The van der Waals surface area contributed by atoms with Gasteiger partial charge in [-0.25, -0.2) is 10.2 Å². The van der Waals surface area contributed by atoms with Gasteiger partial charge in [0.05, 0.1) is 31.0 Å². The van der Waals surface area contributed by atoms with Crippen LogP contribution in [0.3, 0.4) is 0 Å². The molecule has 44 heavy (non-hydrogen) atoms. The fraction of sp³-hybridized carbons (Fsp3) is 0.250. The average molecular weight is 682 g/mol. The highest BCUT2D eigenvalue weighted by Crippen LogP contribution is 2.34. The summed E-state index contributed by atoms with van der Waals surface area (Å²) in [6.45, 7) is 6.15. The number of hydrogen-bond acceptors (Lipinski definition) is 8. The van der Waals surface area contributed by atoms with Gasteiger partial charge in [0.2, 0.25) is 0 Å². The van der Waals surface area contributed by atoms with Crippen molar-refractivity contribution in [3.8, 4) is 17.2 Å². The standard InChI is InChI=1S/C32H33BrN4O6S/c1-4-40-27-16-22(12-15-26(27)42-18-21-10-13-23(33)14-11-21)17-34-37-28(38)19-43-25-9-7-6-8-24(25)30-29(31(39)41-5-2)20(3)35-32(44)36-30/h6-17,30H,4-5,18-19H2,1-3H3,(H,37,38)(H2,35,36,44)/t30-/m1/s1. The highest BCUT2D eigenvalue weighted by Gasteiger charge is 2.32. The maximum Gasteiger partial charge on any atom is 0.338 e. The Balaban J connectivity index is 1.38. The van der Waals surface area contributed by atoms with E-state index in [1.807, 2.05) is 43.3 Å². The van der Waals surface area contributed by atoms with Crippen LogP contribution in [0.4, 0.5) is 0 Å². The predicted octanol–water partition coefficient (Wildman–Crippen LogP) is 5.31. The Morgan fingerprint density at radius 3 is 2.50 bits per heavy atom. The highest BCUT2D eigenvalue weighted by atomic mass is 79.9. The maximum atomic E-state index is 12.7. The van der Waals surface area contributed by atoms with E-state index in [9.17, 15) is 9.59 Å². The lowest BCUT2D eigenvalue weighted by Crippen LogP contribution is -2.45. The number of amides is 1. The second-order valence-corrected chi connectivity index (χ2v) is 10.8. The summed E-state index contributed by atoms with van der Waals surface area (Å²) < 4.78 is 23.8. The number of thiocarbonyl (C=S) groups is 1. The van der Waals surface area contributed by atoms with Gasteiger partial charge >= 0.3 is 5.97 Å². The molecule has 1 aliphatic heterocycles. The van der Waals surface area contributed by atoms with E-state index in [4.69, 9.17) is 31.2 Å². The molecule has 0 saturated carbocycles. The number of benzene rings is 3. The molecule has 1 aliphatic rings. The van der Waals surface area contributed by atoms with Crippen molar-refractivity contribution in [2.45, 2.75) is 33.4 Å². The zero-order valence-corrected chi connectivity index (χ0v) is 26.9. The minimum Gasteiger partial charge on any atom is -0.490 e. The van der Waals surface area contributed by atoms with Crippen LogP contribution in [0.2, 0.25) is 0 Å². The van der Waals surface area contributed by atoms with E-state index < -0.39 is 17.9 Å². The summed E-state index contributed by atoms with van der Waals surface area (Å²) in [5.74, 6) is 0.627. The minimum atomic E-state index is -0.624. The smallest absolute Gasteiger partial charge is 0.338 e. The van der Waals surface area contributed by atoms with E-state index in [2.05, 4.69) is 37.1 Å². The first-order valence-corrected chi connectivity index (χ1v) is 15.1. The van der Waals surface area contributed by atoms with E-state index in [1.165, 1.54) is 6.21 Å². The molecule has 3 aromatic carbocycles. The van der Waals surface area contributed by atoms with Gasteiger partial charge < -0.3 is 29.6 Å². The number of allylic oxidation sites excluding steroid dienone is 1. The highest BCUT2D eigenvalue weighted by molar-refractivity contribution is 9.10. The Kier molecular flexibility index (Phi) is 11.7. The third-order valence-corrected chi connectivity index (χ3v) is 7.08.